The quantitative estimate of drug-likeness (QED) is 0.0699. The number of Topliss-reactive ketones (excluding diaryl/α,β-unsaturated/α-hetero) is 1. The van der Waals surface area contributed by atoms with E-state index in [0.29, 0.717) is 11.1 Å². The van der Waals surface area contributed by atoms with Crippen molar-refractivity contribution in [3.8, 4) is 0 Å². The van der Waals surface area contributed by atoms with Crippen LogP contribution in [0, 0.1) is 0 Å². The van der Waals surface area contributed by atoms with E-state index in [9.17, 15) is 79.1 Å². The number of ketones is 1. The number of aromatic amines is 1. The summed E-state index contributed by atoms with van der Waals surface area (Å²) in [6, 6.07) is 1.54. The highest BCUT2D eigenvalue weighted by atomic mass is 19.3. The van der Waals surface area contributed by atoms with Crippen molar-refractivity contribution in [1.82, 2.24) is 24.7 Å². The minimum absolute atomic E-state index is 0.0133. The van der Waals surface area contributed by atoms with Crippen molar-refractivity contribution in [2.24, 2.45) is 0 Å². The van der Waals surface area contributed by atoms with Crippen LogP contribution >= 0.6 is 0 Å². The number of hydrogen-bond acceptors (Lipinski definition) is 14. The minimum atomic E-state index is -2.44. The minimum Gasteiger partial charge on any atom is -0.469 e. The van der Waals surface area contributed by atoms with Crippen LogP contribution in [0.3, 0.4) is 0 Å². The number of hydrogen-bond donors (Lipinski definition) is 2. The summed E-state index contributed by atoms with van der Waals surface area (Å²) in [5, 5.41) is 2.24. The van der Waals surface area contributed by atoms with E-state index in [4.69, 9.17) is 8.83 Å². The van der Waals surface area contributed by atoms with Gasteiger partial charge in [0.1, 0.15) is 29.8 Å². The van der Waals surface area contributed by atoms with E-state index >= 15 is 0 Å². The summed E-state index contributed by atoms with van der Waals surface area (Å²) < 4.78 is 87.7. The predicted octanol–water partition coefficient (Wildman–Crippen LogP) is 5.82. The molecule has 72 heavy (non-hydrogen) atoms. The maximum atomic E-state index is 12.7. The molecule has 0 aromatic carbocycles. The van der Waals surface area contributed by atoms with Crippen LogP contribution in [0.15, 0.2) is 40.1 Å². The Hall–Kier alpha value is -6.69. The number of rotatable bonds is 17. The molecule has 0 unspecified atom stereocenters. The van der Waals surface area contributed by atoms with Gasteiger partial charge in [-0.05, 0) is 101 Å². The average molecular weight is 1030 g/mol. The molecule has 1 saturated heterocycles. The maximum absolute atomic E-state index is 12.7. The van der Waals surface area contributed by atoms with Gasteiger partial charge in [-0.3, -0.25) is 58.2 Å². The van der Waals surface area contributed by atoms with Crippen LogP contribution in [0.2, 0.25) is 0 Å². The standard InChI is InChI=1S/C16H17F2NO4.C15H16F2N2O4.C8H12F2O3.C8H10N2O3/c17-12(18)6-1-3-9-7-14(21)23-11-8-13(20)19(10-4-2-5-10)16(22)15(9)11;16-10(17)6-1-3-8-7-11(20)23-13-12(8)14(21)19(15(22)18-13)9-4-2-5-9;1-13-8(12)5-6(11)3-2-4-7(9)10;11-6-4-7(12)10(8(13)9-6)5-2-1-3-5/h7,10,12H,1-6,8H2;7,9-10H,1-6H2,(H,18,22);7H,2-5H2,1H3;5H,1-4H2,(H,9,11,13). The molecule has 25 heteroatoms. The van der Waals surface area contributed by atoms with Crippen LogP contribution in [-0.4, -0.2) is 99.2 Å². The number of carbonyl (C=O) groups is 7. The Morgan fingerprint density at radius 3 is 1.72 bits per heavy atom. The second kappa shape index (κ2) is 26.1. The molecule has 394 valence electrons. The predicted molar refractivity (Wildman–Crippen MR) is 240 cm³/mol. The lowest BCUT2D eigenvalue weighted by molar-refractivity contribution is -0.144. The number of urea groups is 1. The average Bonchev–Trinajstić information content (AvgIpc) is 3.22. The first-order valence-electron chi connectivity index (χ1n) is 23.6. The lowest BCUT2D eigenvalue weighted by Gasteiger charge is -2.38. The summed E-state index contributed by atoms with van der Waals surface area (Å²) in [6.45, 7) is 0. The van der Waals surface area contributed by atoms with Gasteiger partial charge >= 0.3 is 28.9 Å². The number of carbonyl (C=O) groups excluding carboxylic acids is 7. The van der Waals surface area contributed by atoms with Crippen molar-refractivity contribution in [3.63, 3.8) is 0 Å². The first-order chi connectivity index (χ1) is 34.2. The molecular formula is C47H55F6N5O14. The number of esters is 1. The summed E-state index contributed by atoms with van der Waals surface area (Å²) in [5.74, 6) is -2.59. The molecule has 3 aromatic heterocycles. The lowest BCUT2D eigenvalue weighted by atomic mass is 9.88. The van der Waals surface area contributed by atoms with Crippen LogP contribution in [-0.2, 0) is 48.0 Å². The number of halogens is 6. The zero-order valence-electron chi connectivity index (χ0n) is 39.3. The van der Waals surface area contributed by atoms with Gasteiger partial charge in [-0.2, -0.15) is 0 Å². The van der Waals surface area contributed by atoms with Crippen LogP contribution in [0.4, 0.5) is 31.1 Å². The van der Waals surface area contributed by atoms with Crippen LogP contribution in [0.1, 0.15) is 149 Å². The van der Waals surface area contributed by atoms with E-state index in [2.05, 4.69) is 15.0 Å². The second-order valence-electron chi connectivity index (χ2n) is 17.7. The number of aryl methyl sites for hydroxylation is 2. The lowest BCUT2D eigenvalue weighted by Crippen LogP contribution is -2.58. The van der Waals surface area contributed by atoms with Crippen LogP contribution in [0.25, 0.3) is 11.1 Å². The Labute approximate surface area is 405 Å². The van der Waals surface area contributed by atoms with Crippen molar-refractivity contribution < 1.29 is 73.5 Å². The Morgan fingerprint density at radius 1 is 0.681 bits per heavy atom. The highest BCUT2D eigenvalue weighted by molar-refractivity contribution is 6.14. The zero-order chi connectivity index (χ0) is 52.8. The highest BCUT2D eigenvalue weighted by Crippen LogP contribution is 2.32. The number of ether oxygens (including phenoxy) is 1. The summed E-state index contributed by atoms with van der Waals surface area (Å²) in [6.07, 6.45) is -0.268. The second-order valence-corrected chi connectivity index (χ2v) is 17.7. The number of imide groups is 3. The van der Waals surface area contributed by atoms with Gasteiger partial charge in [0.25, 0.3) is 11.5 Å². The third-order valence-electron chi connectivity index (χ3n) is 12.6. The maximum Gasteiger partial charge on any atom is 0.337 e. The largest absolute Gasteiger partial charge is 0.469 e. The van der Waals surface area contributed by atoms with Gasteiger partial charge in [0.15, 0.2) is 0 Å². The van der Waals surface area contributed by atoms with Gasteiger partial charge in [-0.25, -0.2) is 45.5 Å². The Morgan fingerprint density at radius 2 is 1.19 bits per heavy atom. The first-order valence-corrected chi connectivity index (χ1v) is 23.6. The van der Waals surface area contributed by atoms with E-state index < -0.39 is 65.6 Å². The first kappa shape index (κ1) is 56.2. The van der Waals surface area contributed by atoms with Crippen LogP contribution in [0.5, 0.6) is 0 Å². The number of nitrogens with one attached hydrogen (secondary N) is 2. The number of fused-ring (bicyclic) bond motifs is 2. The van der Waals surface area contributed by atoms with E-state index in [1.165, 1.54) is 23.0 Å². The van der Waals surface area contributed by atoms with Crippen molar-refractivity contribution in [2.45, 2.75) is 172 Å². The highest BCUT2D eigenvalue weighted by Gasteiger charge is 2.41. The number of alkyl halides is 6. The number of H-pyrrole nitrogens is 1. The van der Waals surface area contributed by atoms with E-state index in [0.717, 1.165) is 68.4 Å². The molecule has 2 aliphatic heterocycles. The van der Waals surface area contributed by atoms with E-state index in [-0.39, 0.29) is 135 Å². The van der Waals surface area contributed by atoms with Crippen LogP contribution < -0.4 is 27.8 Å². The van der Waals surface area contributed by atoms with Gasteiger partial charge in [0.2, 0.25) is 42.7 Å². The van der Waals surface area contributed by atoms with Gasteiger partial charge in [0.05, 0.1) is 19.1 Å². The fourth-order valence-electron chi connectivity index (χ4n) is 8.29. The molecule has 4 fully saturated rings. The van der Waals surface area contributed by atoms with Gasteiger partial charge in [-0.1, -0.05) is 0 Å². The number of nitrogens with zero attached hydrogens (tertiary/aromatic N) is 3. The van der Waals surface area contributed by atoms with Gasteiger partial charge in [-0.15, -0.1) is 0 Å². The zero-order valence-corrected chi connectivity index (χ0v) is 39.3. The summed E-state index contributed by atoms with van der Waals surface area (Å²) in [7, 11) is 1.18. The topological polar surface area (TPSA) is 263 Å². The number of aromatic nitrogens is 2. The molecule has 5 aliphatic rings. The molecule has 8 rings (SSSR count). The van der Waals surface area contributed by atoms with Crippen molar-refractivity contribution >= 4 is 52.5 Å². The molecule has 0 radical (unpaired) electrons. The van der Waals surface area contributed by atoms with Crippen molar-refractivity contribution in [3.05, 3.63) is 76.3 Å². The Kier molecular flexibility index (Phi) is 20.4. The summed E-state index contributed by atoms with van der Waals surface area (Å²) in [4.78, 5) is 132. The molecule has 6 amide bonds. The third-order valence-corrected chi connectivity index (χ3v) is 12.6. The molecule has 2 N–H and O–H groups in total. The number of amides is 6. The fraction of sp³-hybridized carbons (Fsp3) is 0.596. The van der Waals surface area contributed by atoms with Crippen molar-refractivity contribution in [2.75, 3.05) is 7.11 Å². The molecule has 0 spiro atoms. The third kappa shape index (κ3) is 15.2. The Balaban J connectivity index is 0.000000185. The number of barbiturate groups is 1. The monoisotopic (exact) mass is 1030 g/mol. The molecule has 3 saturated carbocycles. The van der Waals surface area contributed by atoms with E-state index in [1.807, 2.05) is 0 Å². The molecule has 0 bridgehead atoms. The van der Waals surface area contributed by atoms with E-state index in [1.54, 1.807) is 0 Å². The smallest absolute Gasteiger partial charge is 0.337 e. The van der Waals surface area contributed by atoms with Gasteiger partial charge in [0, 0.05) is 55.9 Å². The normalized spacial score (nSPS) is 16.9. The SMILES string of the molecule is COC(=O)CC(=O)CCCC(F)F.O=C1CC(=O)N(C2CCC2)C(=O)N1.O=C1Cc2oc(=O)cc(CCCC(F)F)c2C(=O)N1C1CCC1.O=c1cc(CCCC(F)F)c2c(=O)n(C3CCC3)c(=O)[nH]c2o1. The summed E-state index contributed by atoms with van der Waals surface area (Å²) in [5.41, 5.74) is -1.75. The van der Waals surface area contributed by atoms with Crippen molar-refractivity contribution in [1.29, 1.82) is 0 Å². The molecule has 0 atom stereocenters. The molecule has 19 nitrogen and oxygen atoms in total. The molecule has 5 heterocycles. The molecule has 3 aromatic rings. The fourth-order valence-corrected chi connectivity index (χ4v) is 8.29. The molecule has 3 aliphatic carbocycles. The Bertz CT molecular complexity index is 2700. The number of methoxy groups -OCH3 is 1. The molecular weight excluding hydrogens is 973 g/mol. The summed E-state index contributed by atoms with van der Waals surface area (Å²) >= 11 is 0. The van der Waals surface area contributed by atoms with Gasteiger partial charge < -0.3 is 13.6 Å².